The van der Waals surface area contributed by atoms with Gasteiger partial charge in [0.1, 0.15) is 5.82 Å². The monoisotopic (exact) mass is 174 g/mol. The average Bonchev–Trinajstić information content (AvgIpc) is 2.53. The zero-order chi connectivity index (χ0) is 9.10. The molecule has 4 nitrogen and oxygen atoms in total. The zero-order valence-corrected chi connectivity index (χ0v) is 7.09. The molecule has 0 aliphatic rings. The lowest BCUT2D eigenvalue weighted by atomic mass is 10.3. The minimum absolute atomic E-state index is 0.538. The van der Waals surface area contributed by atoms with E-state index in [9.17, 15) is 0 Å². The number of anilines is 1. The lowest BCUT2D eigenvalue weighted by molar-refractivity contribution is 0.773. The second-order valence-electron chi connectivity index (χ2n) is 2.79. The van der Waals surface area contributed by atoms with Gasteiger partial charge in [-0.3, -0.25) is 4.98 Å². The van der Waals surface area contributed by atoms with E-state index in [4.69, 9.17) is 5.73 Å². The van der Waals surface area contributed by atoms with Crippen molar-refractivity contribution in [3.05, 3.63) is 42.6 Å². The van der Waals surface area contributed by atoms with Crippen LogP contribution in [-0.4, -0.2) is 14.5 Å². The van der Waals surface area contributed by atoms with Gasteiger partial charge in [0.25, 0.3) is 0 Å². The third-order valence-electron chi connectivity index (χ3n) is 1.72. The summed E-state index contributed by atoms with van der Waals surface area (Å²) >= 11 is 0. The Balaban J connectivity index is 2.15. The predicted octanol–water partition coefficient (Wildman–Crippen LogP) is 0.909. The molecule has 2 aromatic heterocycles. The minimum atomic E-state index is 0.538. The molecule has 2 rings (SSSR count). The summed E-state index contributed by atoms with van der Waals surface area (Å²) in [5.74, 6) is 0.538. The number of aromatic nitrogens is 3. The van der Waals surface area contributed by atoms with Gasteiger partial charge >= 0.3 is 0 Å². The molecule has 66 valence electrons. The summed E-state index contributed by atoms with van der Waals surface area (Å²) in [6.45, 7) is 0.713. The van der Waals surface area contributed by atoms with E-state index in [2.05, 4.69) is 9.97 Å². The first-order valence-corrected chi connectivity index (χ1v) is 4.02. The highest BCUT2D eigenvalue weighted by Gasteiger charge is 1.95. The molecular weight excluding hydrogens is 164 g/mol. The molecule has 0 aliphatic heterocycles. The van der Waals surface area contributed by atoms with Crippen LogP contribution in [0.2, 0.25) is 0 Å². The molecule has 13 heavy (non-hydrogen) atoms. The second-order valence-corrected chi connectivity index (χ2v) is 2.79. The van der Waals surface area contributed by atoms with Crippen molar-refractivity contribution in [3.63, 3.8) is 0 Å². The van der Waals surface area contributed by atoms with Crippen molar-refractivity contribution in [3.8, 4) is 0 Å². The molecule has 2 aromatic rings. The van der Waals surface area contributed by atoms with Crippen LogP contribution in [0.1, 0.15) is 5.69 Å². The van der Waals surface area contributed by atoms with Crippen LogP contribution in [0.3, 0.4) is 0 Å². The van der Waals surface area contributed by atoms with Crippen LogP contribution in [0.15, 0.2) is 36.9 Å². The molecule has 0 amide bonds. The lowest BCUT2D eigenvalue weighted by Gasteiger charge is -1.99. The highest BCUT2D eigenvalue weighted by Crippen LogP contribution is 2.01. The molecule has 0 saturated heterocycles. The Labute approximate surface area is 76.1 Å². The van der Waals surface area contributed by atoms with E-state index >= 15 is 0 Å². The molecule has 2 heterocycles. The van der Waals surface area contributed by atoms with Gasteiger partial charge in [-0.1, -0.05) is 6.07 Å². The Kier molecular flexibility index (Phi) is 1.96. The Hall–Kier alpha value is -1.84. The van der Waals surface area contributed by atoms with Crippen molar-refractivity contribution in [1.82, 2.24) is 14.5 Å². The van der Waals surface area contributed by atoms with Crippen LogP contribution in [-0.2, 0) is 6.54 Å². The van der Waals surface area contributed by atoms with E-state index in [-0.39, 0.29) is 0 Å². The van der Waals surface area contributed by atoms with Crippen molar-refractivity contribution >= 4 is 5.82 Å². The van der Waals surface area contributed by atoms with Gasteiger partial charge in [-0.25, -0.2) is 4.98 Å². The van der Waals surface area contributed by atoms with Gasteiger partial charge in [-0.15, -0.1) is 0 Å². The van der Waals surface area contributed by atoms with Crippen LogP contribution in [0.25, 0.3) is 0 Å². The van der Waals surface area contributed by atoms with E-state index in [0.29, 0.717) is 12.4 Å². The zero-order valence-electron chi connectivity index (χ0n) is 7.09. The van der Waals surface area contributed by atoms with Gasteiger partial charge in [0, 0.05) is 12.4 Å². The van der Waals surface area contributed by atoms with Gasteiger partial charge in [-0.2, -0.15) is 0 Å². The first-order valence-electron chi connectivity index (χ1n) is 4.02. The van der Waals surface area contributed by atoms with E-state index in [1.807, 2.05) is 22.8 Å². The average molecular weight is 174 g/mol. The summed E-state index contributed by atoms with van der Waals surface area (Å²) in [6, 6.07) is 5.82. The number of nitrogen functional groups attached to an aromatic ring is 1. The summed E-state index contributed by atoms with van der Waals surface area (Å²) in [4.78, 5) is 8.12. The van der Waals surface area contributed by atoms with Crippen molar-refractivity contribution < 1.29 is 0 Å². The number of hydrogen-bond donors (Lipinski definition) is 1. The van der Waals surface area contributed by atoms with E-state index < -0.39 is 0 Å². The number of hydrogen-bond acceptors (Lipinski definition) is 3. The maximum Gasteiger partial charge on any atom is 0.141 e. The Morgan fingerprint density at radius 2 is 2.23 bits per heavy atom. The van der Waals surface area contributed by atoms with Gasteiger partial charge in [-0.05, 0) is 12.1 Å². The first-order chi connectivity index (χ1) is 6.34. The summed E-state index contributed by atoms with van der Waals surface area (Å²) in [7, 11) is 0. The van der Waals surface area contributed by atoms with Crippen LogP contribution >= 0.6 is 0 Å². The Morgan fingerprint density at radius 1 is 1.31 bits per heavy atom. The number of nitrogens with two attached hydrogens (primary N) is 1. The third kappa shape index (κ3) is 1.84. The highest BCUT2D eigenvalue weighted by atomic mass is 15.1. The predicted molar refractivity (Wildman–Crippen MR) is 50.0 cm³/mol. The normalized spacial score (nSPS) is 10.2. The molecule has 0 fully saturated rings. The molecule has 2 N–H and O–H groups in total. The molecule has 0 bridgehead atoms. The standard InChI is InChI=1S/C9H10N4/c10-9-6-13(7-12-9)5-8-3-1-2-4-11-8/h1-4,6-7H,5,10H2. The fourth-order valence-electron chi connectivity index (χ4n) is 1.14. The van der Waals surface area contributed by atoms with Crippen LogP contribution < -0.4 is 5.73 Å². The Bertz CT molecular complexity index is 380. The van der Waals surface area contributed by atoms with Crippen LogP contribution in [0.4, 0.5) is 5.82 Å². The molecule has 0 aromatic carbocycles. The molecule has 0 aliphatic carbocycles. The molecule has 0 saturated carbocycles. The number of nitrogens with zero attached hydrogens (tertiary/aromatic N) is 3. The summed E-state index contributed by atoms with van der Waals surface area (Å²) in [5.41, 5.74) is 6.48. The smallest absolute Gasteiger partial charge is 0.141 e. The molecule has 0 atom stereocenters. The summed E-state index contributed by atoms with van der Waals surface area (Å²) in [5, 5.41) is 0. The minimum Gasteiger partial charge on any atom is -0.382 e. The van der Waals surface area contributed by atoms with E-state index in [1.165, 1.54) is 0 Å². The highest BCUT2D eigenvalue weighted by molar-refractivity contribution is 5.23. The quantitative estimate of drug-likeness (QED) is 0.736. The number of rotatable bonds is 2. The molecule has 0 radical (unpaired) electrons. The second kappa shape index (κ2) is 3.26. The molecular formula is C9H10N4. The maximum atomic E-state index is 5.48. The fourth-order valence-corrected chi connectivity index (χ4v) is 1.14. The van der Waals surface area contributed by atoms with Gasteiger partial charge in [0.05, 0.1) is 18.6 Å². The van der Waals surface area contributed by atoms with Crippen molar-refractivity contribution in [2.45, 2.75) is 6.54 Å². The SMILES string of the molecule is Nc1cn(Cc2ccccn2)cn1. The lowest BCUT2D eigenvalue weighted by Crippen LogP contribution is -1.98. The van der Waals surface area contributed by atoms with Gasteiger partial charge < -0.3 is 10.3 Å². The molecule has 0 spiro atoms. The van der Waals surface area contributed by atoms with Crippen LogP contribution in [0.5, 0.6) is 0 Å². The van der Waals surface area contributed by atoms with Gasteiger partial charge in [0.15, 0.2) is 0 Å². The summed E-state index contributed by atoms with van der Waals surface area (Å²) in [6.07, 6.45) is 5.26. The Morgan fingerprint density at radius 3 is 2.85 bits per heavy atom. The fraction of sp³-hybridized carbons (Fsp3) is 0.111. The first kappa shape index (κ1) is 7.79. The third-order valence-corrected chi connectivity index (χ3v) is 1.72. The topological polar surface area (TPSA) is 56.7 Å². The van der Waals surface area contributed by atoms with Crippen molar-refractivity contribution in [2.75, 3.05) is 5.73 Å². The largest absolute Gasteiger partial charge is 0.382 e. The number of imidazole rings is 1. The molecule has 4 heteroatoms. The molecule has 0 unspecified atom stereocenters. The van der Waals surface area contributed by atoms with E-state index in [1.54, 1.807) is 18.7 Å². The number of pyridine rings is 1. The van der Waals surface area contributed by atoms with Gasteiger partial charge in [0.2, 0.25) is 0 Å². The summed E-state index contributed by atoms with van der Waals surface area (Å²) < 4.78 is 1.90. The van der Waals surface area contributed by atoms with Crippen LogP contribution in [0, 0.1) is 0 Å². The van der Waals surface area contributed by atoms with Crippen molar-refractivity contribution in [2.24, 2.45) is 0 Å². The van der Waals surface area contributed by atoms with Crippen molar-refractivity contribution in [1.29, 1.82) is 0 Å². The van der Waals surface area contributed by atoms with E-state index in [0.717, 1.165) is 5.69 Å². The maximum absolute atomic E-state index is 5.48.